The van der Waals surface area contributed by atoms with E-state index in [2.05, 4.69) is 20.5 Å². The molecular weight excluding hydrogens is 644 g/mol. The molecule has 0 saturated carbocycles. The summed E-state index contributed by atoms with van der Waals surface area (Å²) in [5.74, 6) is 0.00223. The first-order valence-corrected chi connectivity index (χ1v) is 17.7. The van der Waals surface area contributed by atoms with Gasteiger partial charge in [-0.25, -0.2) is 4.79 Å². The summed E-state index contributed by atoms with van der Waals surface area (Å²) >= 11 is 6.10. The van der Waals surface area contributed by atoms with E-state index in [0.29, 0.717) is 28.7 Å². The summed E-state index contributed by atoms with van der Waals surface area (Å²) in [6.07, 6.45) is 8.53. The molecule has 0 spiro atoms. The minimum absolute atomic E-state index is 0.00967. The van der Waals surface area contributed by atoms with Crippen molar-refractivity contribution in [1.82, 2.24) is 15.2 Å². The molecule has 3 aromatic carbocycles. The van der Waals surface area contributed by atoms with E-state index in [-0.39, 0.29) is 28.2 Å². The number of pyridine rings is 1. The van der Waals surface area contributed by atoms with E-state index in [9.17, 15) is 24.9 Å². The van der Waals surface area contributed by atoms with Gasteiger partial charge in [0.1, 0.15) is 17.6 Å². The number of piperidine rings is 1. The van der Waals surface area contributed by atoms with Crippen LogP contribution in [0.4, 0.5) is 10.5 Å². The number of nitrogens with one attached hydrogen (secondary N) is 3. The Morgan fingerprint density at radius 1 is 0.918 bits per heavy atom. The van der Waals surface area contributed by atoms with Gasteiger partial charge in [0.15, 0.2) is 0 Å². The quantitative estimate of drug-likeness (QED) is 0.0670. The summed E-state index contributed by atoms with van der Waals surface area (Å²) in [7, 11) is 0. The van der Waals surface area contributed by atoms with Crippen LogP contribution in [-0.2, 0) is 4.74 Å². The molecule has 1 aliphatic heterocycles. The number of aliphatic hydroxyl groups is 1. The number of benzene rings is 3. The van der Waals surface area contributed by atoms with Gasteiger partial charge < -0.3 is 35.3 Å². The van der Waals surface area contributed by atoms with Gasteiger partial charge in [-0.2, -0.15) is 0 Å². The molecule has 10 nitrogen and oxygen atoms in total. The molecular formula is C38H47ClN4O6. The second-order valence-corrected chi connectivity index (χ2v) is 13.2. The highest BCUT2D eigenvalue weighted by atomic mass is 35.5. The number of halogens is 1. The maximum absolute atomic E-state index is 12.7. The molecule has 1 fully saturated rings. The Morgan fingerprint density at radius 3 is 2.41 bits per heavy atom. The lowest BCUT2D eigenvalue weighted by atomic mass is 10.0. The van der Waals surface area contributed by atoms with Crippen molar-refractivity contribution in [2.75, 3.05) is 38.0 Å². The molecule has 0 radical (unpaired) electrons. The van der Waals surface area contributed by atoms with Gasteiger partial charge in [0.05, 0.1) is 22.3 Å². The number of aromatic amines is 1. The molecule has 6 N–H and O–H groups in total. The molecule has 1 saturated heterocycles. The third-order valence-corrected chi connectivity index (χ3v) is 9.46. The molecule has 0 aliphatic carbocycles. The van der Waals surface area contributed by atoms with Crippen LogP contribution in [0, 0.1) is 0 Å². The minimum atomic E-state index is -0.737. The van der Waals surface area contributed by atoms with E-state index >= 15 is 0 Å². The number of likely N-dealkylation sites (tertiary alicyclic amines) is 1. The monoisotopic (exact) mass is 690 g/mol. The summed E-state index contributed by atoms with van der Waals surface area (Å²) in [6, 6.07) is 18.6. The summed E-state index contributed by atoms with van der Waals surface area (Å²) in [5, 5.41) is 37.6. The van der Waals surface area contributed by atoms with Crippen molar-refractivity contribution in [3.05, 3.63) is 87.7 Å². The van der Waals surface area contributed by atoms with Crippen LogP contribution in [0.5, 0.6) is 11.5 Å². The second-order valence-electron chi connectivity index (χ2n) is 12.8. The molecule has 11 heteroatoms. The predicted octanol–water partition coefficient (Wildman–Crippen LogP) is 7.33. The van der Waals surface area contributed by atoms with Crippen molar-refractivity contribution in [2.45, 2.75) is 70.0 Å². The van der Waals surface area contributed by atoms with Gasteiger partial charge in [0.25, 0.3) is 0 Å². The van der Waals surface area contributed by atoms with Crippen LogP contribution in [0.3, 0.4) is 0 Å². The van der Waals surface area contributed by atoms with Crippen molar-refractivity contribution >= 4 is 34.3 Å². The van der Waals surface area contributed by atoms with Gasteiger partial charge in [-0.15, -0.1) is 0 Å². The average molecular weight is 691 g/mol. The average Bonchev–Trinajstić information content (AvgIpc) is 3.09. The summed E-state index contributed by atoms with van der Waals surface area (Å²) < 4.78 is 5.76. The Hall–Kier alpha value is -4.09. The number of hydrogen-bond donors (Lipinski definition) is 6. The zero-order valence-electron chi connectivity index (χ0n) is 27.8. The maximum Gasteiger partial charge on any atom is 0.411 e. The zero-order chi connectivity index (χ0) is 34.6. The largest absolute Gasteiger partial charge is 0.506 e. The summed E-state index contributed by atoms with van der Waals surface area (Å²) in [5.41, 5.74) is 2.94. The number of para-hydroxylation sites is 1. The fraction of sp³-hybridized carbons (Fsp3) is 0.421. The van der Waals surface area contributed by atoms with E-state index < -0.39 is 12.2 Å². The number of aromatic nitrogens is 1. The number of rotatable bonds is 16. The Labute approximate surface area is 292 Å². The maximum atomic E-state index is 12.7. The van der Waals surface area contributed by atoms with Gasteiger partial charge >= 0.3 is 6.09 Å². The van der Waals surface area contributed by atoms with Crippen LogP contribution in [0.25, 0.3) is 22.0 Å². The van der Waals surface area contributed by atoms with Crippen molar-refractivity contribution in [3.63, 3.8) is 0 Å². The van der Waals surface area contributed by atoms with E-state index in [0.717, 1.165) is 63.0 Å². The van der Waals surface area contributed by atoms with Crippen LogP contribution < -0.4 is 16.2 Å². The van der Waals surface area contributed by atoms with Crippen molar-refractivity contribution in [1.29, 1.82) is 0 Å². The third kappa shape index (κ3) is 10.4. The van der Waals surface area contributed by atoms with Crippen LogP contribution >= 0.6 is 11.6 Å². The number of ether oxygens (including phenoxy) is 1. The first-order chi connectivity index (χ1) is 23.8. The number of H-pyrrole nitrogens is 1. The number of phenols is 2. The molecule has 2 heterocycles. The summed E-state index contributed by atoms with van der Waals surface area (Å²) in [6.45, 7) is 4.14. The summed E-state index contributed by atoms with van der Waals surface area (Å²) in [4.78, 5) is 29.4. The fourth-order valence-corrected chi connectivity index (χ4v) is 6.61. The normalized spacial score (nSPS) is 14.6. The number of aliphatic hydroxyl groups excluding tert-OH is 1. The van der Waals surface area contributed by atoms with Crippen molar-refractivity contribution in [3.8, 4) is 22.6 Å². The van der Waals surface area contributed by atoms with Crippen LogP contribution in [0.1, 0.15) is 69.5 Å². The number of phenolic OH excluding ortho intramolecular Hbond substituents is 2. The predicted molar refractivity (Wildman–Crippen MR) is 195 cm³/mol. The lowest BCUT2D eigenvalue weighted by Crippen LogP contribution is -2.38. The number of amides is 1. The molecule has 5 rings (SSSR count). The Balaban J connectivity index is 0.887. The topological polar surface area (TPSA) is 147 Å². The standard InChI is InChI=1S/C38H47ClN4O6/c39-31-24-26(12-15-33(31)44)28-10-6-7-11-32(28)41-38(48)49-27-18-22-43(23-19-27)21-9-5-3-1-2-4-8-20-40-25-35(46)29-13-16-34(45)37-30(29)14-17-36(47)42-37/h6-7,10-17,24,27,35,40,44-46H,1-5,8-9,18-23,25H2,(H,41,48)(H,42,47)/t35-/m0/s1. The highest BCUT2D eigenvalue weighted by Gasteiger charge is 2.22. The number of carbonyl (C=O) groups is 1. The molecule has 1 aromatic heterocycles. The van der Waals surface area contributed by atoms with E-state index in [1.165, 1.54) is 50.3 Å². The third-order valence-electron chi connectivity index (χ3n) is 9.16. The molecule has 262 valence electrons. The van der Waals surface area contributed by atoms with E-state index in [1.807, 2.05) is 24.3 Å². The zero-order valence-corrected chi connectivity index (χ0v) is 28.6. The van der Waals surface area contributed by atoms with Gasteiger partial charge in [-0.1, -0.05) is 74.0 Å². The fourth-order valence-electron chi connectivity index (χ4n) is 6.43. The minimum Gasteiger partial charge on any atom is -0.506 e. The first-order valence-electron chi connectivity index (χ1n) is 17.3. The molecule has 4 aromatic rings. The number of fused-ring (bicyclic) bond motifs is 1. The number of hydrogen-bond acceptors (Lipinski definition) is 8. The van der Waals surface area contributed by atoms with Gasteiger partial charge in [-0.3, -0.25) is 10.1 Å². The lowest BCUT2D eigenvalue weighted by Gasteiger charge is -2.31. The highest BCUT2D eigenvalue weighted by Crippen LogP contribution is 2.33. The number of carbonyl (C=O) groups excluding carboxylic acids is 1. The van der Waals surface area contributed by atoms with E-state index in [4.69, 9.17) is 16.3 Å². The second kappa shape index (κ2) is 18.1. The van der Waals surface area contributed by atoms with Crippen LogP contribution in [-0.4, -0.2) is 70.1 Å². The van der Waals surface area contributed by atoms with Crippen molar-refractivity contribution in [2.24, 2.45) is 0 Å². The SMILES string of the molecule is O=C(Nc1ccccc1-c1ccc(O)c(Cl)c1)OC1CCN(CCCCCCCCCNC[C@H](O)c2ccc(O)c3[nH]c(=O)ccc23)CC1. The van der Waals surface area contributed by atoms with Gasteiger partial charge in [0.2, 0.25) is 5.56 Å². The Bertz CT molecular complexity index is 1740. The van der Waals surface area contributed by atoms with Crippen LogP contribution in [0.2, 0.25) is 5.02 Å². The molecule has 49 heavy (non-hydrogen) atoms. The van der Waals surface area contributed by atoms with Crippen molar-refractivity contribution < 1.29 is 24.9 Å². The number of anilines is 1. The van der Waals surface area contributed by atoms with Gasteiger partial charge in [0, 0.05) is 36.7 Å². The molecule has 0 bridgehead atoms. The lowest BCUT2D eigenvalue weighted by molar-refractivity contribution is 0.0584. The molecule has 0 unspecified atom stereocenters. The highest BCUT2D eigenvalue weighted by molar-refractivity contribution is 6.32. The molecule has 1 atom stereocenters. The molecule has 1 amide bonds. The van der Waals surface area contributed by atoms with Gasteiger partial charge in [-0.05, 0) is 80.2 Å². The number of unbranched alkanes of at least 4 members (excludes halogenated alkanes) is 6. The first kappa shape index (κ1) is 36.2. The van der Waals surface area contributed by atoms with E-state index in [1.54, 1.807) is 24.3 Å². The smallest absolute Gasteiger partial charge is 0.411 e. The Morgan fingerprint density at radius 2 is 1.63 bits per heavy atom. The molecule has 1 aliphatic rings. The van der Waals surface area contributed by atoms with Crippen LogP contribution in [0.15, 0.2) is 71.5 Å². The number of nitrogens with zero attached hydrogens (tertiary/aromatic N) is 1. The number of aromatic hydroxyl groups is 2. The Kier molecular flexibility index (Phi) is 13.3.